The van der Waals surface area contributed by atoms with E-state index in [0.29, 0.717) is 18.4 Å². The Balaban J connectivity index is 1.57. The van der Waals surface area contributed by atoms with Crippen LogP contribution in [0.15, 0.2) is 0 Å². The third-order valence-electron chi connectivity index (χ3n) is 5.93. The fourth-order valence-corrected chi connectivity index (χ4v) is 4.41. The quantitative estimate of drug-likeness (QED) is 0.772. The molecule has 2 saturated carbocycles. The molecule has 2 amide bonds. The number of amides is 2. The van der Waals surface area contributed by atoms with Crippen LogP contribution in [0.5, 0.6) is 0 Å². The van der Waals surface area contributed by atoms with Crippen molar-refractivity contribution in [3.63, 3.8) is 0 Å². The molecule has 6 heteroatoms. The van der Waals surface area contributed by atoms with Crippen molar-refractivity contribution in [2.45, 2.75) is 64.0 Å². The number of carbonyl (C=O) groups excluding carboxylic acids is 3. The normalized spacial score (nSPS) is 34.4. The van der Waals surface area contributed by atoms with Crippen LogP contribution in [-0.2, 0) is 19.1 Å². The highest BCUT2D eigenvalue weighted by molar-refractivity contribution is 5.86. The molecule has 0 radical (unpaired) electrons. The van der Waals surface area contributed by atoms with E-state index < -0.39 is 6.04 Å². The van der Waals surface area contributed by atoms with Gasteiger partial charge < -0.3 is 15.0 Å². The van der Waals surface area contributed by atoms with Crippen LogP contribution in [0.25, 0.3) is 0 Å². The molecule has 2 aliphatic carbocycles. The van der Waals surface area contributed by atoms with Crippen LogP contribution in [0.4, 0.5) is 0 Å². The molecule has 1 saturated heterocycles. The Kier molecular flexibility index (Phi) is 5.11. The molecule has 0 aromatic carbocycles. The van der Waals surface area contributed by atoms with E-state index in [0.717, 1.165) is 32.1 Å². The van der Waals surface area contributed by atoms with Gasteiger partial charge in [-0.2, -0.15) is 0 Å². The van der Waals surface area contributed by atoms with Crippen LogP contribution in [0.3, 0.4) is 0 Å². The predicted molar refractivity (Wildman–Crippen MR) is 87.9 cm³/mol. The number of esters is 1. The van der Waals surface area contributed by atoms with Crippen LogP contribution in [0.2, 0.25) is 0 Å². The second kappa shape index (κ2) is 7.11. The Morgan fingerprint density at radius 1 is 1.17 bits per heavy atom. The van der Waals surface area contributed by atoms with E-state index in [1.807, 2.05) is 0 Å². The second-order valence-electron chi connectivity index (χ2n) is 7.55. The van der Waals surface area contributed by atoms with Crippen molar-refractivity contribution in [1.82, 2.24) is 10.2 Å². The molecule has 0 unspecified atom stereocenters. The molecule has 0 aromatic heterocycles. The maximum absolute atomic E-state index is 12.7. The van der Waals surface area contributed by atoms with Crippen LogP contribution in [0.1, 0.15) is 51.9 Å². The van der Waals surface area contributed by atoms with Crippen LogP contribution in [-0.4, -0.2) is 48.4 Å². The highest BCUT2D eigenvalue weighted by Gasteiger charge is 2.47. The van der Waals surface area contributed by atoms with Crippen molar-refractivity contribution < 1.29 is 19.1 Å². The van der Waals surface area contributed by atoms with E-state index in [4.69, 9.17) is 4.74 Å². The minimum Gasteiger partial charge on any atom is -0.467 e. The first-order valence-corrected chi connectivity index (χ1v) is 9.19. The number of ether oxygens (including phenoxy) is 1. The van der Waals surface area contributed by atoms with E-state index in [2.05, 4.69) is 12.2 Å². The number of methoxy groups -OCH3 is 1. The molecule has 5 atom stereocenters. The summed E-state index contributed by atoms with van der Waals surface area (Å²) in [5.74, 6) is 0.700. The summed E-state index contributed by atoms with van der Waals surface area (Å²) in [5, 5.41) is 2.86. The fourth-order valence-electron chi connectivity index (χ4n) is 4.41. The number of hydrogen-bond acceptors (Lipinski definition) is 4. The van der Waals surface area contributed by atoms with Gasteiger partial charge in [0.25, 0.3) is 0 Å². The first-order chi connectivity index (χ1) is 11.5. The smallest absolute Gasteiger partial charge is 0.328 e. The Morgan fingerprint density at radius 2 is 1.88 bits per heavy atom. The average molecular weight is 336 g/mol. The third kappa shape index (κ3) is 3.42. The number of nitrogens with one attached hydrogen (secondary N) is 1. The molecule has 24 heavy (non-hydrogen) atoms. The van der Waals surface area contributed by atoms with Crippen molar-refractivity contribution >= 4 is 17.8 Å². The topological polar surface area (TPSA) is 75.7 Å². The van der Waals surface area contributed by atoms with Crippen LogP contribution < -0.4 is 5.32 Å². The lowest BCUT2D eigenvalue weighted by molar-refractivity contribution is -0.152. The molecule has 0 bridgehead atoms. The number of rotatable bonds is 5. The molecule has 6 nitrogen and oxygen atoms in total. The van der Waals surface area contributed by atoms with Gasteiger partial charge in [0.15, 0.2) is 0 Å². The zero-order valence-corrected chi connectivity index (χ0v) is 14.6. The van der Waals surface area contributed by atoms with Crippen molar-refractivity contribution in [1.29, 1.82) is 0 Å². The Morgan fingerprint density at radius 3 is 2.54 bits per heavy atom. The van der Waals surface area contributed by atoms with Gasteiger partial charge in [-0.1, -0.05) is 19.8 Å². The summed E-state index contributed by atoms with van der Waals surface area (Å²) in [7, 11) is 1.38. The summed E-state index contributed by atoms with van der Waals surface area (Å²) >= 11 is 0. The molecular weight excluding hydrogens is 308 g/mol. The molecule has 3 rings (SSSR count). The SMILES string of the molecule is COC(=O)[C@@H]1C[C@@H]2CCCC[C@@H]2N1C(=O)CCNC(=O)[C@H]1C[C@H]1C. The minimum absolute atomic E-state index is 0.0380. The van der Waals surface area contributed by atoms with Crippen molar-refractivity contribution in [3.8, 4) is 0 Å². The molecule has 134 valence electrons. The van der Waals surface area contributed by atoms with Crippen molar-refractivity contribution in [2.75, 3.05) is 13.7 Å². The number of hydrogen-bond donors (Lipinski definition) is 1. The molecule has 0 aromatic rings. The molecule has 0 spiro atoms. The largest absolute Gasteiger partial charge is 0.467 e. The predicted octanol–water partition coefficient (Wildman–Crippen LogP) is 1.48. The average Bonchev–Trinajstić information content (AvgIpc) is 3.19. The Labute approximate surface area is 143 Å². The van der Waals surface area contributed by atoms with Crippen molar-refractivity contribution in [3.05, 3.63) is 0 Å². The third-order valence-corrected chi connectivity index (χ3v) is 5.93. The van der Waals surface area contributed by atoms with Gasteiger partial charge in [-0.3, -0.25) is 9.59 Å². The summed E-state index contributed by atoms with van der Waals surface area (Å²) in [6.07, 6.45) is 6.24. The maximum Gasteiger partial charge on any atom is 0.328 e. The first-order valence-electron chi connectivity index (χ1n) is 9.19. The zero-order chi connectivity index (χ0) is 17.3. The van der Waals surface area contributed by atoms with Gasteiger partial charge >= 0.3 is 5.97 Å². The Hall–Kier alpha value is -1.59. The van der Waals surface area contributed by atoms with Gasteiger partial charge in [0.2, 0.25) is 11.8 Å². The van der Waals surface area contributed by atoms with Gasteiger partial charge in [0, 0.05) is 24.9 Å². The highest BCUT2D eigenvalue weighted by atomic mass is 16.5. The standard InChI is InChI=1S/C18H28N2O4/c1-11-9-13(11)17(22)19-8-7-16(21)20-14-6-4-3-5-12(14)10-15(20)18(23)24-2/h11-15H,3-10H2,1-2H3,(H,19,22)/t11-,12+,13+,14+,15+/m1/s1. The van der Waals surface area contributed by atoms with Gasteiger partial charge in [-0.15, -0.1) is 0 Å². The van der Waals surface area contributed by atoms with E-state index in [1.165, 1.54) is 13.5 Å². The van der Waals surface area contributed by atoms with E-state index in [-0.39, 0.29) is 36.2 Å². The number of nitrogens with zero attached hydrogens (tertiary/aromatic N) is 1. The second-order valence-corrected chi connectivity index (χ2v) is 7.55. The lowest BCUT2D eigenvalue weighted by atomic mass is 9.84. The van der Waals surface area contributed by atoms with Gasteiger partial charge in [-0.05, 0) is 37.5 Å². The molecule has 3 fully saturated rings. The van der Waals surface area contributed by atoms with Gasteiger partial charge in [0.05, 0.1) is 7.11 Å². The van der Waals surface area contributed by atoms with Crippen LogP contribution >= 0.6 is 0 Å². The van der Waals surface area contributed by atoms with E-state index in [1.54, 1.807) is 4.90 Å². The summed E-state index contributed by atoms with van der Waals surface area (Å²) in [5.41, 5.74) is 0. The monoisotopic (exact) mass is 336 g/mol. The van der Waals surface area contributed by atoms with E-state index >= 15 is 0 Å². The van der Waals surface area contributed by atoms with Gasteiger partial charge in [-0.25, -0.2) is 4.79 Å². The number of likely N-dealkylation sites (tertiary alicyclic amines) is 1. The molecule has 3 aliphatic rings. The lowest BCUT2D eigenvalue weighted by Gasteiger charge is -2.33. The zero-order valence-electron chi connectivity index (χ0n) is 14.6. The van der Waals surface area contributed by atoms with E-state index in [9.17, 15) is 14.4 Å². The lowest BCUT2D eigenvalue weighted by Crippen LogP contribution is -2.47. The molecule has 1 N–H and O–H groups in total. The summed E-state index contributed by atoms with van der Waals surface area (Å²) in [6.45, 7) is 2.41. The Bertz CT molecular complexity index is 521. The minimum atomic E-state index is -0.449. The summed E-state index contributed by atoms with van der Waals surface area (Å²) in [6, 6.07) is -0.288. The van der Waals surface area contributed by atoms with Crippen LogP contribution in [0, 0.1) is 17.8 Å². The molecule has 1 aliphatic heterocycles. The van der Waals surface area contributed by atoms with Crippen molar-refractivity contribution in [2.24, 2.45) is 17.8 Å². The fraction of sp³-hybridized carbons (Fsp3) is 0.833. The highest BCUT2D eigenvalue weighted by Crippen LogP contribution is 2.40. The first kappa shape index (κ1) is 17.2. The number of carbonyl (C=O) groups is 3. The molecule has 1 heterocycles. The maximum atomic E-state index is 12.7. The van der Waals surface area contributed by atoms with Gasteiger partial charge in [0.1, 0.15) is 6.04 Å². The summed E-state index contributed by atoms with van der Waals surface area (Å²) in [4.78, 5) is 38.5. The summed E-state index contributed by atoms with van der Waals surface area (Å²) < 4.78 is 4.91. The number of fused-ring (bicyclic) bond motifs is 1. The molecular formula is C18H28N2O4.